The number of thiazole rings is 1. The molecule has 3 heterocycles. The number of carbonyl (C=O) groups excluding carboxylic acids is 1. The summed E-state index contributed by atoms with van der Waals surface area (Å²) in [6.45, 7) is 1.64. The summed E-state index contributed by atoms with van der Waals surface area (Å²) in [4.78, 5) is 20.1. The highest BCUT2D eigenvalue weighted by Gasteiger charge is 2.37. The largest absolute Gasteiger partial charge is 0.496 e. The summed E-state index contributed by atoms with van der Waals surface area (Å²) in [5.74, 6) is 1.04. The first-order chi connectivity index (χ1) is 11.7. The summed E-state index contributed by atoms with van der Waals surface area (Å²) < 4.78 is 5.44. The van der Waals surface area contributed by atoms with Crippen LogP contribution in [0.15, 0.2) is 30.5 Å². The monoisotopic (exact) mass is 343 g/mol. The molecule has 2 aromatic rings. The van der Waals surface area contributed by atoms with Gasteiger partial charge in [-0.05, 0) is 25.0 Å². The molecule has 2 saturated heterocycles. The summed E-state index contributed by atoms with van der Waals surface area (Å²) >= 11 is 1.71. The van der Waals surface area contributed by atoms with Crippen molar-refractivity contribution in [1.82, 2.24) is 15.2 Å². The lowest BCUT2D eigenvalue weighted by molar-refractivity contribution is -0.121. The van der Waals surface area contributed by atoms with Crippen molar-refractivity contribution in [3.63, 3.8) is 0 Å². The minimum absolute atomic E-state index is 0.186. The Bertz CT molecular complexity index is 745. The zero-order chi connectivity index (χ0) is 16.5. The van der Waals surface area contributed by atoms with Crippen molar-refractivity contribution < 1.29 is 9.53 Å². The third kappa shape index (κ3) is 2.91. The highest BCUT2D eigenvalue weighted by atomic mass is 32.1. The standard InChI is InChI=1S/C18H21N3O2S/c1-23-16-5-3-2-4-15(16)18-20-10-14(24-18)11-21-12-6-7-13(21)9-19-17(22)8-12/h2-5,10,12-13H,6-9,11H2,1H3,(H,19,22)/t12-,13+/m1/s1. The lowest BCUT2D eigenvalue weighted by Crippen LogP contribution is -2.37. The van der Waals surface area contributed by atoms with Crippen LogP contribution in [0.2, 0.25) is 0 Å². The Labute approximate surface area is 145 Å². The van der Waals surface area contributed by atoms with Crippen molar-refractivity contribution in [3.8, 4) is 16.3 Å². The van der Waals surface area contributed by atoms with Gasteiger partial charge in [0.1, 0.15) is 10.8 Å². The van der Waals surface area contributed by atoms with E-state index in [1.54, 1.807) is 18.4 Å². The van der Waals surface area contributed by atoms with E-state index < -0.39 is 0 Å². The average molecular weight is 343 g/mol. The Kier molecular flexibility index (Phi) is 4.24. The van der Waals surface area contributed by atoms with Crippen molar-refractivity contribution in [2.24, 2.45) is 0 Å². The van der Waals surface area contributed by atoms with Gasteiger partial charge < -0.3 is 10.1 Å². The summed E-state index contributed by atoms with van der Waals surface area (Å²) in [6, 6.07) is 8.80. The lowest BCUT2D eigenvalue weighted by Gasteiger charge is -2.26. The second kappa shape index (κ2) is 6.53. The lowest BCUT2D eigenvalue weighted by atomic mass is 10.1. The zero-order valence-electron chi connectivity index (χ0n) is 13.7. The molecule has 6 heteroatoms. The molecule has 1 aromatic carbocycles. The predicted octanol–water partition coefficient (Wildman–Crippen LogP) is 2.67. The summed E-state index contributed by atoms with van der Waals surface area (Å²) in [7, 11) is 1.69. The van der Waals surface area contributed by atoms with Crippen molar-refractivity contribution in [2.75, 3.05) is 13.7 Å². The van der Waals surface area contributed by atoms with E-state index in [1.165, 1.54) is 11.3 Å². The topological polar surface area (TPSA) is 54.5 Å². The van der Waals surface area contributed by atoms with Crippen LogP contribution in [0, 0.1) is 0 Å². The molecule has 0 spiro atoms. The molecule has 4 rings (SSSR count). The van der Waals surface area contributed by atoms with E-state index in [0.29, 0.717) is 18.5 Å². The maximum Gasteiger partial charge on any atom is 0.221 e. The second-order valence-corrected chi connectivity index (χ2v) is 7.51. The number of aromatic nitrogens is 1. The van der Waals surface area contributed by atoms with Crippen LogP contribution in [-0.4, -0.2) is 41.5 Å². The number of methoxy groups -OCH3 is 1. The Hall–Kier alpha value is -1.92. The molecule has 0 saturated carbocycles. The number of nitrogens with zero attached hydrogens (tertiary/aromatic N) is 2. The molecular formula is C18H21N3O2S. The van der Waals surface area contributed by atoms with Crippen molar-refractivity contribution in [2.45, 2.75) is 37.9 Å². The van der Waals surface area contributed by atoms with Crippen molar-refractivity contribution >= 4 is 17.2 Å². The van der Waals surface area contributed by atoms with Gasteiger partial charge in [0.15, 0.2) is 0 Å². The first kappa shape index (κ1) is 15.6. The highest BCUT2D eigenvalue weighted by Crippen LogP contribution is 2.35. The van der Waals surface area contributed by atoms with Crippen molar-refractivity contribution in [3.05, 3.63) is 35.3 Å². The Morgan fingerprint density at radius 2 is 2.17 bits per heavy atom. The van der Waals surface area contributed by atoms with E-state index in [4.69, 9.17) is 4.74 Å². The molecule has 2 aliphatic rings. The first-order valence-electron chi connectivity index (χ1n) is 8.35. The molecule has 2 bridgehead atoms. The van der Waals surface area contributed by atoms with Gasteiger partial charge in [0, 0.05) is 42.7 Å². The Morgan fingerprint density at radius 3 is 3.04 bits per heavy atom. The van der Waals surface area contributed by atoms with E-state index in [1.807, 2.05) is 30.5 Å². The molecule has 0 aliphatic carbocycles. The van der Waals surface area contributed by atoms with Crippen LogP contribution in [-0.2, 0) is 11.3 Å². The number of hydrogen-bond acceptors (Lipinski definition) is 5. The second-order valence-electron chi connectivity index (χ2n) is 6.40. The first-order valence-corrected chi connectivity index (χ1v) is 9.17. The number of ether oxygens (including phenoxy) is 1. The van der Waals surface area contributed by atoms with Gasteiger partial charge in [-0.15, -0.1) is 11.3 Å². The Morgan fingerprint density at radius 1 is 1.33 bits per heavy atom. The van der Waals surface area contributed by atoms with Crippen LogP contribution in [0.1, 0.15) is 24.1 Å². The zero-order valence-corrected chi connectivity index (χ0v) is 14.5. The fourth-order valence-corrected chi connectivity index (χ4v) is 4.69. The van der Waals surface area contributed by atoms with Gasteiger partial charge in [-0.1, -0.05) is 12.1 Å². The molecule has 1 N–H and O–H groups in total. The minimum Gasteiger partial charge on any atom is -0.496 e. The summed E-state index contributed by atoms with van der Waals surface area (Å²) in [6.07, 6.45) is 4.88. The molecule has 0 unspecified atom stereocenters. The van der Waals surface area contributed by atoms with Crippen LogP contribution in [0.4, 0.5) is 0 Å². The molecule has 1 aromatic heterocycles. The molecule has 126 valence electrons. The van der Waals surface area contributed by atoms with Gasteiger partial charge in [0.05, 0.1) is 12.7 Å². The van der Waals surface area contributed by atoms with E-state index in [-0.39, 0.29) is 5.91 Å². The van der Waals surface area contributed by atoms with Crippen LogP contribution < -0.4 is 10.1 Å². The molecular weight excluding hydrogens is 322 g/mol. The van der Waals surface area contributed by atoms with Gasteiger partial charge in [-0.2, -0.15) is 0 Å². The van der Waals surface area contributed by atoms with Crippen LogP contribution in [0.25, 0.3) is 10.6 Å². The number of nitrogens with one attached hydrogen (secondary N) is 1. The fourth-order valence-electron chi connectivity index (χ4n) is 3.74. The molecule has 0 radical (unpaired) electrons. The maximum absolute atomic E-state index is 11.8. The molecule has 5 nitrogen and oxygen atoms in total. The van der Waals surface area contributed by atoms with Gasteiger partial charge in [-0.25, -0.2) is 4.98 Å². The van der Waals surface area contributed by atoms with Gasteiger partial charge in [0.2, 0.25) is 5.91 Å². The third-order valence-corrected chi connectivity index (χ3v) is 5.97. The molecule has 2 fully saturated rings. The van der Waals surface area contributed by atoms with E-state index in [2.05, 4.69) is 15.2 Å². The number of amides is 1. The third-order valence-electron chi connectivity index (χ3n) is 4.96. The van der Waals surface area contributed by atoms with Crippen LogP contribution in [0.3, 0.4) is 0 Å². The minimum atomic E-state index is 0.186. The number of rotatable bonds is 4. The predicted molar refractivity (Wildman–Crippen MR) is 94.1 cm³/mol. The van der Waals surface area contributed by atoms with Gasteiger partial charge in [0.25, 0.3) is 0 Å². The van der Waals surface area contributed by atoms with Crippen LogP contribution >= 0.6 is 11.3 Å². The quantitative estimate of drug-likeness (QED) is 0.927. The van der Waals surface area contributed by atoms with E-state index in [0.717, 1.165) is 35.8 Å². The van der Waals surface area contributed by atoms with Gasteiger partial charge >= 0.3 is 0 Å². The summed E-state index contributed by atoms with van der Waals surface area (Å²) in [5, 5.41) is 4.01. The fraction of sp³-hybridized carbons (Fsp3) is 0.444. The maximum atomic E-state index is 11.8. The Balaban J connectivity index is 1.54. The smallest absolute Gasteiger partial charge is 0.221 e. The van der Waals surface area contributed by atoms with Crippen molar-refractivity contribution in [1.29, 1.82) is 0 Å². The SMILES string of the molecule is COc1ccccc1-c1ncc(CN2[C@@H]3CC[C@H]2CNC(=O)C3)s1. The molecule has 24 heavy (non-hydrogen) atoms. The molecule has 2 aliphatic heterocycles. The number of hydrogen-bond donors (Lipinski definition) is 1. The number of fused-ring (bicyclic) bond motifs is 2. The molecule has 2 atom stereocenters. The van der Waals surface area contributed by atoms with E-state index >= 15 is 0 Å². The van der Waals surface area contributed by atoms with Crippen LogP contribution in [0.5, 0.6) is 5.75 Å². The number of carbonyl (C=O) groups is 1. The van der Waals surface area contributed by atoms with E-state index in [9.17, 15) is 4.79 Å². The highest BCUT2D eigenvalue weighted by molar-refractivity contribution is 7.15. The number of benzene rings is 1. The van der Waals surface area contributed by atoms with Gasteiger partial charge in [-0.3, -0.25) is 9.69 Å². The average Bonchev–Trinajstić information content (AvgIpc) is 3.16. The normalized spacial score (nSPS) is 23.8. The number of para-hydroxylation sites is 1. The molecule has 1 amide bonds. The summed E-state index contributed by atoms with van der Waals surface area (Å²) in [5.41, 5.74) is 1.03.